The Morgan fingerprint density at radius 1 is 1.50 bits per heavy atom. The Balaban J connectivity index is 2.41. The first-order chi connectivity index (χ1) is 8.50. The van der Waals surface area contributed by atoms with Crippen LogP contribution in [0, 0.1) is 5.92 Å². The molecule has 1 aliphatic rings. The molecule has 0 aliphatic heterocycles. The van der Waals surface area contributed by atoms with Crippen LogP contribution in [0.1, 0.15) is 39.0 Å². The third kappa shape index (κ3) is 4.25. The van der Waals surface area contributed by atoms with E-state index in [1.165, 1.54) is 32.8 Å². The molecular weight excluding hydrogens is 228 g/mol. The Kier molecular flexibility index (Phi) is 6.09. The van der Waals surface area contributed by atoms with Gasteiger partial charge in [0.1, 0.15) is 0 Å². The molecule has 0 heterocycles. The Hall–Kier alpha value is -0.610. The monoisotopic (exact) mass is 256 g/mol. The van der Waals surface area contributed by atoms with E-state index in [1.807, 2.05) is 0 Å². The van der Waals surface area contributed by atoms with Crippen LogP contribution < -0.4 is 5.32 Å². The molecule has 0 aromatic heterocycles. The topological polar surface area (TPSA) is 41.6 Å². The highest BCUT2D eigenvalue weighted by atomic mass is 16.5. The summed E-state index contributed by atoms with van der Waals surface area (Å²) < 4.78 is 4.64. The van der Waals surface area contributed by atoms with E-state index in [4.69, 9.17) is 0 Å². The van der Waals surface area contributed by atoms with Crippen molar-refractivity contribution in [2.75, 3.05) is 34.3 Å². The van der Waals surface area contributed by atoms with Gasteiger partial charge in [-0.15, -0.1) is 0 Å². The van der Waals surface area contributed by atoms with Crippen LogP contribution in [-0.2, 0) is 9.53 Å². The number of ether oxygens (including phenoxy) is 1. The largest absolute Gasteiger partial charge is 0.469 e. The number of likely N-dealkylation sites (N-methyl/N-ethyl adjacent to an activating group) is 1. The highest BCUT2D eigenvalue weighted by Crippen LogP contribution is 2.35. The summed E-state index contributed by atoms with van der Waals surface area (Å²) in [5.41, 5.74) is 0.258. The molecule has 1 fully saturated rings. The van der Waals surface area contributed by atoms with Crippen molar-refractivity contribution in [2.24, 2.45) is 5.92 Å². The van der Waals surface area contributed by atoms with Gasteiger partial charge in [0.25, 0.3) is 0 Å². The first kappa shape index (κ1) is 15.4. The van der Waals surface area contributed by atoms with Crippen molar-refractivity contribution in [3.63, 3.8) is 0 Å². The van der Waals surface area contributed by atoms with Crippen LogP contribution in [0.15, 0.2) is 0 Å². The molecule has 0 saturated heterocycles. The highest BCUT2D eigenvalue weighted by Gasteiger charge is 2.36. The van der Waals surface area contributed by atoms with Crippen LogP contribution in [0.2, 0.25) is 0 Å². The van der Waals surface area contributed by atoms with Crippen molar-refractivity contribution in [2.45, 2.75) is 44.6 Å². The fraction of sp³-hybridized carbons (Fsp3) is 0.929. The molecule has 0 aromatic rings. The summed E-state index contributed by atoms with van der Waals surface area (Å²) >= 11 is 0. The van der Waals surface area contributed by atoms with Crippen molar-refractivity contribution in [3.05, 3.63) is 0 Å². The summed E-state index contributed by atoms with van der Waals surface area (Å²) in [7, 11) is 5.77. The van der Waals surface area contributed by atoms with E-state index in [0.29, 0.717) is 13.0 Å². The first-order valence-corrected chi connectivity index (χ1v) is 6.95. The molecule has 1 N–H and O–H groups in total. The summed E-state index contributed by atoms with van der Waals surface area (Å²) in [5, 5.41) is 3.42. The van der Waals surface area contributed by atoms with Crippen LogP contribution in [-0.4, -0.2) is 50.7 Å². The number of hydrogen-bond donors (Lipinski definition) is 1. The molecule has 0 amide bonds. The minimum Gasteiger partial charge on any atom is -0.469 e. The van der Waals surface area contributed by atoms with Gasteiger partial charge in [0.2, 0.25) is 0 Å². The molecule has 4 nitrogen and oxygen atoms in total. The number of hydrogen-bond acceptors (Lipinski definition) is 4. The first-order valence-electron chi connectivity index (χ1n) is 6.95. The van der Waals surface area contributed by atoms with E-state index in [-0.39, 0.29) is 11.5 Å². The molecule has 1 rings (SSSR count). The van der Waals surface area contributed by atoms with E-state index < -0.39 is 0 Å². The molecule has 0 spiro atoms. The van der Waals surface area contributed by atoms with Gasteiger partial charge in [0, 0.05) is 18.6 Å². The summed E-state index contributed by atoms with van der Waals surface area (Å²) in [6.07, 6.45) is 5.59. The lowest BCUT2D eigenvalue weighted by molar-refractivity contribution is -0.140. The van der Waals surface area contributed by atoms with Gasteiger partial charge in [-0.1, -0.05) is 19.8 Å². The molecule has 106 valence electrons. The average molecular weight is 256 g/mol. The van der Waals surface area contributed by atoms with E-state index in [1.54, 1.807) is 0 Å². The maximum Gasteiger partial charge on any atom is 0.306 e. The van der Waals surface area contributed by atoms with Crippen LogP contribution >= 0.6 is 0 Å². The molecule has 4 heteroatoms. The van der Waals surface area contributed by atoms with Crippen LogP contribution in [0.25, 0.3) is 0 Å². The van der Waals surface area contributed by atoms with Gasteiger partial charge in [0.15, 0.2) is 0 Å². The highest BCUT2D eigenvalue weighted by molar-refractivity contribution is 5.69. The second-order valence-corrected chi connectivity index (χ2v) is 5.82. The smallest absolute Gasteiger partial charge is 0.306 e. The second-order valence-electron chi connectivity index (χ2n) is 5.82. The van der Waals surface area contributed by atoms with Crippen LogP contribution in [0.4, 0.5) is 0 Å². The molecule has 0 bridgehead atoms. The SMILES string of the molecule is COC(=O)CCNCC1(N(C)C)CCCC(C)C1. The summed E-state index contributed by atoms with van der Waals surface area (Å²) in [6.45, 7) is 4.00. The minimum atomic E-state index is -0.140. The lowest BCUT2D eigenvalue weighted by Crippen LogP contribution is -2.54. The lowest BCUT2D eigenvalue weighted by Gasteiger charge is -2.45. The molecule has 0 radical (unpaired) electrons. The van der Waals surface area contributed by atoms with Crippen molar-refractivity contribution in [3.8, 4) is 0 Å². The maximum atomic E-state index is 11.1. The predicted molar refractivity (Wildman–Crippen MR) is 73.6 cm³/mol. The zero-order valence-electron chi connectivity index (χ0n) is 12.3. The Bertz CT molecular complexity index is 269. The normalized spacial score (nSPS) is 28.4. The van der Waals surface area contributed by atoms with Crippen molar-refractivity contribution in [1.82, 2.24) is 10.2 Å². The minimum absolute atomic E-state index is 0.140. The lowest BCUT2D eigenvalue weighted by atomic mass is 9.75. The number of rotatable bonds is 6. The number of carbonyl (C=O) groups is 1. The number of nitrogens with one attached hydrogen (secondary N) is 1. The number of esters is 1. The van der Waals surface area contributed by atoms with Gasteiger partial charge < -0.3 is 15.0 Å². The van der Waals surface area contributed by atoms with E-state index >= 15 is 0 Å². The van der Waals surface area contributed by atoms with E-state index in [9.17, 15) is 4.79 Å². The van der Waals surface area contributed by atoms with Crippen molar-refractivity contribution < 1.29 is 9.53 Å². The van der Waals surface area contributed by atoms with Gasteiger partial charge in [-0.2, -0.15) is 0 Å². The van der Waals surface area contributed by atoms with Gasteiger partial charge in [-0.05, 0) is 32.9 Å². The molecule has 1 aliphatic carbocycles. The van der Waals surface area contributed by atoms with E-state index in [0.717, 1.165) is 12.5 Å². The molecule has 18 heavy (non-hydrogen) atoms. The van der Waals surface area contributed by atoms with Crippen molar-refractivity contribution >= 4 is 5.97 Å². The van der Waals surface area contributed by atoms with Gasteiger partial charge in [-0.25, -0.2) is 0 Å². The average Bonchev–Trinajstić information content (AvgIpc) is 2.34. The fourth-order valence-electron chi connectivity index (χ4n) is 2.97. The Morgan fingerprint density at radius 3 is 2.78 bits per heavy atom. The summed E-state index contributed by atoms with van der Waals surface area (Å²) in [5.74, 6) is 0.655. The van der Waals surface area contributed by atoms with Crippen LogP contribution in [0.3, 0.4) is 0 Å². The Morgan fingerprint density at radius 2 is 2.22 bits per heavy atom. The van der Waals surface area contributed by atoms with Crippen LogP contribution in [0.5, 0.6) is 0 Å². The molecule has 2 unspecified atom stereocenters. The predicted octanol–water partition coefficient (Wildman–Crippen LogP) is 1.65. The number of methoxy groups -OCH3 is 1. The Labute approximate surface area is 111 Å². The molecule has 0 aromatic carbocycles. The molecular formula is C14H28N2O2. The number of nitrogens with zero attached hydrogens (tertiary/aromatic N) is 1. The second kappa shape index (κ2) is 7.10. The maximum absolute atomic E-state index is 11.1. The summed E-state index contributed by atoms with van der Waals surface area (Å²) in [6, 6.07) is 0. The summed E-state index contributed by atoms with van der Waals surface area (Å²) in [4.78, 5) is 13.4. The van der Waals surface area contributed by atoms with Gasteiger partial charge in [0.05, 0.1) is 13.5 Å². The molecule has 2 atom stereocenters. The standard InChI is InChI=1S/C14H28N2O2/c1-12-6-5-8-14(10-12,16(2)3)11-15-9-7-13(17)18-4/h12,15H,5-11H2,1-4H3. The van der Waals surface area contributed by atoms with Gasteiger partial charge in [-0.3, -0.25) is 4.79 Å². The fourth-order valence-corrected chi connectivity index (χ4v) is 2.97. The molecule has 1 saturated carbocycles. The third-order valence-corrected chi connectivity index (χ3v) is 4.20. The van der Waals surface area contributed by atoms with Gasteiger partial charge >= 0.3 is 5.97 Å². The quantitative estimate of drug-likeness (QED) is 0.579. The zero-order valence-corrected chi connectivity index (χ0v) is 12.3. The van der Waals surface area contributed by atoms with E-state index in [2.05, 4.69) is 36.0 Å². The zero-order chi connectivity index (χ0) is 13.6. The van der Waals surface area contributed by atoms with Crippen molar-refractivity contribution in [1.29, 1.82) is 0 Å². The number of carbonyl (C=O) groups excluding carboxylic acids is 1. The third-order valence-electron chi connectivity index (χ3n) is 4.20.